The first-order chi connectivity index (χ1) is 9.79. The predicted molar refractivity (Wildman–Crippen MR) is 78.6 cm³/mol. The van der Waals surface area contributed by atoms with Crippen LogP contribution in [0.2, 0.25) is 0 Å². The second kappa shape index (κ2) is 6.75. The molecule has 2 heteroatoms. The van der Waals surface area contributed by atoms with Crippen LogP contribution in [0.1, 0.15) is 51.4 Å². The number of carbonyl (C=O) groups excluding carboxylic acids is 1. The minimum absolute atomic E-state index is 0. The van der Waals surface area contributed by atoms with Gasteiger partial charge in [-0.1, -0.05) is 12.8 Å². The summed E-state index contributed by atoms with van der Waals surface area (Å²) in [6.45, 7) is 0. The third-order valence-corrected chi connectivity index (χ3v) is 4.95. The summed E-state index contributed by atoms with van der Waals surface area (Å²) in [5, 5.41) is 0. The molecule has 0 aromatic heterocycles. The molecule has 0 aromatic rings. The summed E-state index contributed by atoms with van der Waals surface area (Å²) in [7, 11) is 0. The Bertz CT molecular complexity index is 354. The van der Waals surface area contributed by atoms with Crippen LogP contribution in [0.15, 0.2) is 0 Å². The molecule has 0 saturated heterocycles. The molecule has 1 nitrogen and oxygen atoms in total. The molecule has 5 aliphatic rings. The number of Topliss-reactive ketones (excluding diaryl/α,β-unsaturated/α-hetero) is 1. The number of carbonyl (C=O) groups is 1. The van der Waals surface area contributed by atoms with Crippen molar-refractivity contribution in [2.45, 2.75) is 51.4 Å². The molecule has 10 radical (unpaired) electrons. The van der Waals surface area contributed by atoms with Gasteiger partial charge in [0.2, 0.25) is 0 Å². The fourth-order valence-electron chi connectivity index (χ4n) is 3.85. The van der Waals surface area contributed by atoms with Crippen LogP contribution in [0, 0.1) is 61.2 Å². The normalized spacial score (nSPS) is 31.0. The average Bonchev–Trinajstić information content (AvgIpc) is 3.01. The standard InChI is InChI=1S/C19H20O.Fe/c20-19-8-7-13-9-14-3-1-5-16-11-18(19)12-17(16)6-2-4-15(14)10-13;/h9-12H,1-8H2;. The Kier molecular flexibility index (Phi) is 5.16. The fourth-order valence-corrected chi connectivity index (χ4v) is 3.85. The summed E-state index contributed by atoms with van der Waals surface area (Å²) in [5.74, 6) is 8.61. The third kappa shape index (κ3) is 3.27. The first kappa shape index (κ1) is 16.1. The second-order valence-electron chi connectivity index (χ2n) is 6.34. The van der Waals surface area contributed by atoms with Gasteiger partial charge in [-0.2, -0.15) is 0 Å². The first-order valence-corrected chi connectivity index (χ1v) is 7.88. The van der Waals surface area contributed by atoms with E-state index in [0.717, 1.165) is 25.2 Å². The second-order valence-corrected chi connectivity index (χ2v) is 6.34. The smallest absolute Gasteiger partial charge is 0.140 e. The Morgan fingerprint density at radius 2 is 1.10 bits per heavy atom. The van der Waals surface area contributed by atoms with E-state index in [1.165, 1.54) is 43.4 Å². The summed E-state index contributed by atoms with van der Waals surface area (Å²) < 4.78 is 0. The van der Waals surface area contributed by atoms with Crippen molar-refractivity contribution >= 4 is 5.78 Å². The molecule has 110 valence electrons. The summed E-state index contributed by atoms with van der Waals surface area (Å²) >= 11 is 0. The largest absolute Gasteiger partial charge is 0.299 e. The van der Waals surface area contributed by atoms with Crippen LogP contribution >= 0.6 is 0 Å². The van der Waals surface area contributed by atoms with E-state index in [2.05, 4.69) is 25.7 Å². The summed E-state index contributed by atoms with van der Waals surface area (Å²) in [5.41, 5.74) is 0. The van der Waals surface area contributed by atoms with Crippen molar-refractivity contribution in [3.8, 4) is 0 Å². The Morgan fingerprint density at radius 1 is 0.619 bits per heavy atom. The van der Waals surface area contributed by atoms with Crippen LogP contribution in [-0.2, 0) is 21.9 Å². The van der Waals surface area contributed by atoms with E-state index in [9.17, 15) is 4.79 Å². The van der Waals surface area contributed by atoms with Crippen LogP contribution in [0.5, 0.6) is 0 Å². The molecule has 5 aliphatic carbocycles. The van der Waals surface area contributed by atoms with Gasteiger partial charge in [0, 0.05) is 29.4 Å². The van der Waals surface area contributed by atoms with Gasteiger partial charge >= 0.3 is 0 Å². The van der Waals surface area contributed by atoms with E-state index in [1.54, 1.807) is 11.8 Å². The average molecular weight is 320 g/mol. The molecule has 21 heavy (non-hydrogen) atoms. The van der Waals surface area contributed by atoms with Crippen molar-refractivity contribution in [3.05, 3.63) is 61.2 Å². The zero-order chi connectivity index (χ0) is 13.5. The van der Waals surface area contributed by atoms with Gasteiger partial charge in [-0.25, -0.2) is 0 Å². The Balaban J connectivity index is 0.00000132. The molecule has 5 fully saturated rings. The van der Waals surface area contributed by atoms with E-state index < -0.39 is 0 Å². The molecule has 0 atom stereocenters. The van der Waals surface area contributed by atoms with Gasteiger partial charge < -0.3 is 0 Å². The van der Waals surface area contributed by atoms with E-state index in [-0.39, 0.29) is 17.1 Å². The first-order valence-electron chi connectivity index (χ1n) is 7.88. The van der Waals surface area contributed by atoms with Crippen molar-refractivity contribution in [1.29, 1.82) is 0 Å². The maximum Gasteiger partial charge on any atom is 0.140 e. The molecular weight excluding hydrogens is 300 g/mol. The Labute approximate surface area is 140 Å². The summed E-state index contributed by atoms with van der Waals surface area (Å²) in [6, 6.07) is 0. The molecule has 0 N–H and O–H groups in total. The minimum atomic E-state index is 0. The number of hydrogen-bond donors (Lipinski definition) is 0. The molecule has 5 rings (SSSR count). The monoisotopic (exact) mass is 320 g/mol. The molecular formula is C19H20FeO. The zero-order valence-electron chi connectivity index (χ0n) is 12.2. The van der Waals surface area contributed by atoms with E-state index in [0.29, 0.717) is 12.2 Å². The third-order valence-electron chi connectivity index (χ3n) is 4.95. The van der Waals surface area contributed by atoms with Crippen LogP contribution in [-0.4, -0.2) is 5.78 Å². The van der Waals surface area contributed by atoms with Crippen molar-refractivity contribution in [1.82, 2.24) is 0 Å². The molecule has 0 aliphatic heterocycles. The Hall–Kier alpha value is 0.189. The number of rotatable bonds is 0. The van der Waals surface area contributed by atoms with Crippen LogP contribution < -0.4 is 0 Å². The Morgan fingerprint density at radius 3 is 1.62 bits per heavy atom. The molecule has 0 aromatic carbocycles. The van der Waals surface area contributed by atoms with Gasteiger partial charge in [-0.15, -0.1) is 0 Å². The molecule has 6 bridgehead atoms. The molecule has 0 unspecified atom stereocenters. The van der Waals surface area contributed by atoms with Gasteiger partial charge in [0.15, 0.2) is 0 Å². The van der Waals surface area contributed by atoms with Crippen LogP contribution in [0.3, 0.4) is 0 Å². The molecule has 0 amide bonds. The van der Waals surface area contributed by atoms with Crippen molar-refractivity contribution in [2.24, 2.45) is 0 Å². The fraction of sp³-hybridized carbons (Fsp3) is 0.421. The summed E-state index contributed by atoms with van der Waals surface area (Å²) in [4.78, 5) is 12.3. The molecule has 0 spiro atoms. The molecule has 5 saturated carbocycles. The number of hydrogen-bond acceptors (Lipinski definition) is 1. The van der Waals surface area contributed by atoms with Crippen LogP contribution in [0.4, 0.5) is 0 Å². The van der Waals surface area contributed by atoms with Crippen molar-refractivity contribution < 1.29 is 21.9 Å². The molecule has 0 heterocycles. The van der Waals surface area contributed by atoms with Gasteiger partial charge in [0.1, 0.15) is 5.78 Å². The predicted octanol–water partition coefficient (Wildman–Crippen LogP) is 3.99. The van der Waals surface area contributed by atoms with Gasteiger partial charge in [-0.05, 0) is 87.4 Å². The van der Waals surface area contributed by atoms with E-state index in [1.807, 2.05) is 0 Å². The zero-order valence-corrected chi connectivity index (χ0v) is 13.3. The number of ketones is 1. The maximum absolute atomic E-state index is 12.3. The SMILES string of the molecule is O=C1CC[C]2[CH][C]3CCC[C]4[CH][C]1[CH][C]4CCC[C]3[CH]2.[Fe]. The van der Waals surface area contributed by atoms with Crippen molar-refractivity contribution in [2.75, 3.05) is 0 Å². The number of fused-ring (bicyclic) bond motifs is 6. The van der Waals surface area contributed by atoms with Gasteiger partial charge in [-0.3, -0.25) is 4.79 Å². The summed E-state index contributed by atoms with van der Waals surface area (Å²) in [6.07, 6.45) is 17.7. The minimum Gasteiger partial charge on any atom is -0.299 e. The topological polar surface area (TPSA) is 17.1 Å². The van der Waals surface area contributed by atoms with E-state index >= 15 is 0 Å². The van der Waals surface area contributed by atoms with Crippen molar-refractivity contribution in [3.63, 3.8) is 0 Å². The van der Waals surface area contributed by atoms with Gasteiger partial charge in [0.05, 0.1) is 0 Å². The maximum atomic E-state index is 12.3. The van der Waals surface area contributed by atoms with Gasteiger partial charge in [0.25, 0.3) is 0 Å². The quantitative estimate of drug-likeness (QED) is 0.617. The van der Waals surface area contributed by atoms with Crippen LogP contribution in [0.25, 0.3) is 0 Å². The van der Waals surface area contributed by atoms with E-state index in [4.69, 9.17) is 0 Å².